The van der Waals surface area contributed by atoms with Crippen molar-refractivity contribution in [2.45, 2.75) is 6.54 Å². The summed E-state index contributed by atoms with van der Waals surface area (Å²) in [5, 5.41) is 7.04. The van der Waals surface area contributed by atoms with E-state index in [0.717, 1.165) is 37.6 Å². The van der Waals surface area contributed by atoms with Crippen molar-refractivity contribution < 1.29 is 4.74 Å². The fraction of sp³-hybridized carbons (Fsp3) is 0.111. The lowest BCUT2D eigenvalue weighted by atomic mass is 10.2. The van der Waals surface area contributed by atoms with Crippen molar-refractivity contribution in [2.24, 2.45) is 0 Å². The number of halogens is 2. The van der Waals surface area contributed by atoms with Gasteiger partial charge in [0.2, 0.25) is 0 Å². The number of benzene rings is 2. The van der Waals surface area contributed by atoms with Crippen LogP contribution in [0.1, 0.15) is 5.56 Å². The minimum atomic E-state index is 0.469. The van der Waals surface area contributed by atoms with Crippen LogP contribution in [0.3, 0.4) is 0 Å². The summed E-state index contributed by atoms with van der Waals surface area (Å²) < 4.78 is 8.05. The Morgan fingerprint density at radius 1 is 1.12 bits per heavy atom. The van der Waals surface area contributed by atoms with Crippen molar-refractivity contribution in [3.8, 4) is 5.75 Å². The Bertz CT molecular complexity index is 1040. The molecule has 0 bridgehead atoms. The standard InChI is InChI=1S/C18H13BrClN3O/c1-24-13-5-2-11(3-6-13)9-23-10-15-17(22-23)14-7-4-12(19)8-16(14)21-18(15)20/h2-8,10H,9H2,1H3. The molecule has 2 aromatic heterocycles. The van der Waals surface area contributed by atoms with E-state index < -0.39 is 0 Å². The van der Waals surface area contributed by atoms with Gasteiger partial charge in [0.15, 0.2) is 0 Å². The first-order valence-electron chi connectivity index (χ1n) is 7.39. The third-order valence-corrected chi connectivity index (χ3v) is 4.70. The first kappa shape index (κ1) is 15.4. The Morgan fingerprint density at radius 2 is 1.92 bits per heavy atom. The van der Waals surface area contributed by atoms with Crippen molar-refractivity contribution in [1.29, 1.82) is 0 Å². The van der Waals surface area contributed by atoms with Gasteiger partial charge in [0.1, 0.15) is 16.4 Å². The van der Waals surface area contributed by atoms with Crippen LogP contribution in [0, 0.1) is 0 Å². The molecule has 120 valence electrons. The first-order chi connectivity index (χ1) is 11.6. The summed E-state index contributed by atoms with van der Waals surface area (Å²) in [5.74, 6) is 0.841. The lowest BCUT2D eigenvalue weighted by Gasteiger charge is -2.03. The summed E-state index contributed by atoms with van der Waals surface area (Å²) in [6, 6.07) is 13.9. The predicted molar refractivity (Wildman–Crippen MR) is 99.8 cm³/mol. The number of rotatable bonds is 3. The van der Waals surface area contributed by atoms with Crippen LogP contribution in [0.4, 0.5) is 0 Å². The van der Waals surface area contributed by atoms with Crippen LogP contribution in [0.5, 0.6) is 5.75 Å². The van der Waals surface area contributed by atoms with Gasteiger partial charge in [-0.05, 0) is 35.9 Å². The Labute approximate surface area is 152 Å². The summed E-state index contributed by atoms with van der Waals surface area (Å²) in [4.78, 5) is 4.47. The SMILES string of the molecule is COc1ccc(Cn2cc3c(Cl)nc4cc(Br)ccc4c3n2)cc1. The van der Waals surface area contributed by atoms with Gasteiger partial charge >= 0.3 is 0 Å². The molecule has 0 aliphatic rings. The van der Waals surface area contributed by atoms with Gasteiger partial charge in [-0.2, -0.15) is 5.10 Å². The van der Waals surface area contributed by atoms with E-state index >= 15 is 0 Å². The molecular weight excluding hydrogens is 390 g/mol. The molecule has 0 aliphatic carbocycles. The van der Waals surface area contributed by atoms with E-state index in [1.165, 1.54) is 0 Å². The second-order valence-corrected chi connectivity index (χ2v) is 6.77. The largest absolute Gasteiger partial charge is 0.497 e. The normalized spacial score (nSPS) is 11.3. The number of ether oxygens (including phenoxy) is 1. The third kappa shape index (κ3) is 2.74. The maximum Gasteiger partial charge on any atom is 0.140 e. The average Bonchev–Trinajstić information content (AvgIpc) is 3.00. The highest BCUT2D eigenvalue weighted by molar-refractivity contribution is 9.10. The van der Waals surface area contributed by atoms with Gasteiger partial charge in [-0.1, -0.05) is 39.7 Å². The average molecular weight is 403 g/mol. The summed E-state index contributed by atoms with van der Waals surface area (Å²) in [7, 11) is 1.66. The molecule has 0 unspecified atom stereocenters. The number of pyridine rings is 1. The molecular formula is C18H13BrClN3O. The molecule has 0 atom stereocenters. The van der Waals surface area contributed by atoms with E-state index in [0.29, 0.717) is 11.7 Å². The van der Waals surface area contributed by atoms with E-state index in [-0.39, 0.29) is 0 Å². The summed E-state index contributed by atoms with van der Waals surface area (Å²) in [6.45, 7) is 0.660. The third-order valence-electron chi connectivity index (χ3n) is 3.92. The van der Waals surface area contributed by atoms with E-state index in [1.807, 2.05) is 53.3 Å². The molecule has 4 aromatic rings. The molecule has 24 heavy (non-hydrogen) atoms. The lowest BCUT2D eigenvalue weighted by Crippen LogP contribution is -1.99. The molecule has 0 spiro atoms. The van der Waals surface area contributed by atoms with E-state index in [4.69, 9.17) is 21.4 Å². The van der Waals surface area contributed by atoms with E-state index in [1.54, 1.807) is 7.11 Å². The van der Waals surface area contributed by atoms with Crippen molar-refractivity contribution in [3.63, 3.8) is 0 Å². The smallest absolute Gasteiger partial charge is 0.140 e. The van der Waals surface area contributed by atoms with Gasteiger partial charge in [0, 0.05) is 16.1 Å². The molecule has 4 nitrogen and oxygen atoms in total. The summed E-state index contributed by atoms with van der Waals surface area (Å²) in [6.07, 6.45) is 1.94. The lowest BCUT2D eigenvalue weighted by molar-refractivity contribution is 0.414. The number of nitrogens with zero attached hydrogens (tertiary/aromatic N) is 3. The molecule has 2 aromatic carbocycles. The predicted octanol–water partition coefficient (Wildman–Crippen LogP) is 5.06. The van der Waals surface area contributed by atoms with Crippen LogP contribution >= 0.6 is 27.5 Å². The quantitative estimate of drug-likeness (QED) is 0.450. The topological polar surface area (TPSA) is 39.9 Å². The number of hydrogen-bond donors (Lipinski definition) is 0. The van der Waals surface area contributed by atoms with E-state index in [9.17, 15) is 0 Å². The highest BCUT2D eigenvalue weighted by atomic mass is 79.9. The fourth-order valence-electron chi connectivity index (χ4n) is 2.73. The molecule has 0 N–H and O–H groups in total. The fourth-order valence-corrected chi connectivity index (χ4v) is 3.31. The molecule has 0 aliphatic heterocycles. The van der Waals surface area contributed by atoms with Crippen LogP contribution in [-0.4, -0.2) is 21.9 Å². The summed E-state index contributed by atoms with van der Waals surface area (Å²) in [5.41, 5.74) is 2.84. The van der Waals surface area contributed by atoms with Crippen molar-refractivity contribution >= 4 is 49.3 Å². The van der Waals surface area contributed by atoms with Gasteiger partial charge in [-0.25, -0.2) is 4.98 Å². The molecule has 0 radical (unpaired) electrons. The Kier molecular flexibility index (Phi) is 3.90. The van der Waals surface area contributed by atoms with Gasteiger partial charge in [0.05, 0.1) is 24.6 Å². The monoisotopic (exact) mass is 401 g/mol. The Morgan fingerprint density at radius 3 is 2.67 bits per heavy atom. The highest BCUT2D eigenvalue weighted by Gasteiger charge is 2.12. The van der Waals surface area contributed by atoms with Gasteiger partial charge in [0.25, 0.3) is 0 Å². The van der Waals surface area contributed by atoms with Gasteiger partial charge < -0.3 is 4.74 Å². The van der Waals surface area contributed by atoms with E-state index in [2.05, 4.69) is 20.9 Å². The van der Waals surface area contributed by atoms with Gasteiger partial charge in [-0.15, -0.1) is 0 Å². The van der Waals surface area contributed by atoms with Crippen LogP contribution in [-0.2, 0) is 6.54 Å². The van der Waals surface area contributed by atoms with Crippen LogP contribution < -0.4 is 4.74 Å². The van der Waals surface area contributed by atoms with Crippen molar-refractivity contribution in [2.75, 3.05) is 7.11 Å². The van der Waals surface area contributed by atoms with Crippen LogP contribution in [0.25, 0.3) is 21.8 Å². The molecule has 0 fully saturated rings. The Balaban J connectivity index is 1.79. The maximum atomic E-state index is 6.35. The van der Waals surface area contributed by atoms with Crippen molar-refractivity contribution in [1.82, 2.24) is 14.8 Å². The number of methoxy groups -OCH3 is 1. The highest BCUT2D eigenvalue weighted by Crippen LogP contribution is 2.30. The van der Waals surface area contributed by atoms with Gasteiger partial charge in [-0.3, -0.25) is 4.68 Å². The molecule has 0 amide bonds. The zero-order valence-corrected chi connectivity index (χ0v) is 15.2. The van der Waals surface area contributed by atoms with Crippen LogP contribution in [0.2, 0.25) is 5.15 Å². The molecule has 0 saturated carbocycles. The minimum absolute atomic E-state index is 0.469. The second-order valence-electron chi connectivity index (χ2n) is 5.50. The molecule has 0 saturated heterocycles. The first-order valence-corrected chi connectivity index (χ1v) is 8.56. The zero-order valence-electron chi connectivity index (χ0n) is 12.8. The molecule has 4 rings (SSSR count). The Hall–Kier alpha value is -2.11. The molecule has 2 heterocycles. The number of aromatic nitrogens is 3. The molecule has 6 heteroatoms. The number of fused-ring (bicyclic) bond motifs is 3. The number of hydrogen-bond acceptors (Lipinski definition) is 3. The zero-order chi connectivity index (χ0) is 16.7. The second kappa shape index (κ2) is 6.07. The minimum Gasteiger partial charge on any atom is -0.497 e. The van der Waals surface area contributed by atoms with Crippen molar-refractivity contribution in [3.05, 3.63) is 63.9 Å². The maximum absolute atomic E-state index is 6.35. The van der Waals surface area contributed by atoms with Crippen LogP contribution in [0.15, 0.2) is 53.1 Å². The summed E-state index contributed by atoms with van der Waals surface area (Å²) >= 11 is 9.81.